The predicted octanol–water partition coefficient (Wildman–Crippen LogP) is 2.68. The molecule has 2 aromatic heterocycles. The van der Waals surface area contributed by atoms with Crippen molar-refractivity contribution in [2.24, 2.45) is 0 Å². The van der Waals surface area contributed by atoms with Crippen LogP contribution >= 0.6 is 11.3 Å². The van der Waals surface area contributed by atoms with E-state index in [4.69, 9.17) is 0 Å². The van der Waals surface area contributed by atoms with E-state index in [1.165, 1.54) is 4.70 Å². The van der Waals surface area contributed by atoms with Gasteiger partial charge in [-0.25, -0.2) is 4.98 Å². The highest BCUT2D eigenvalue weighted by atomic mass is 32.1. The van der Waals surface area contributed by atoms with Gasteiger partial charge in [0, 0.05) is 12.6 Å². The molecule has 3 rings (SSSR count). The third-order valence-electron chi connectivity index (χ3n) is 2.48. The van der Waals surface area contributed by atoms with Gasteiger partial charge in [0.2, 0.25) is 0 Å². The first-order valence-electron chi connectivity index (χ1n) is 5.09. The highest BCUT2D eigenvalue weighted by molar-refractivity contribution is 7.23. The molecule has 80 valence electrons. The first kappa shape index (κ1) is 9.54. The van der Waals surface area contributed by atoms with E-state index in [0.717, 1.165) is 16.2 Å². The van der Waals surface area contributed by atoms with Gasteiger partial charge in [-0.15, -0.1) is 0 Å². The zero-order valence-corrected chi connectivity index (χ0v) is 9.62. The van der Waals surface area contributed by atoms with E-state index in [0.29, 0.717) is 6.42 Å². The minimum absolute atomic E-state index is 0.148. The normalized spacial score (nSPS) is 11.3. The number of Topliss-reactive ketones (excluding diaryl/α,β-unsaturated/α-hetero) is 1. The van der Waals surface area contributed by atoms with Crippen molar-refractivity contribution in [1.29, 1.82) is 0 Å². The average Bonchev–Trinajstić information content (AvgIpc) is 2.73. The van der Waals surface area contributed by atoms with Crippen molar-refractivity contribution in [2.45, 2.75) is 13.3 Å². The van der Waals surface area contributed by atoms with Gasteiger partial charge in [-0.05, 0) is 19.1 Å². The molecule has 3 nitrogen and oxygen atoms in total. The van der Waals surface area contributed by atoms with Crippen LogP contribution in [0.4, 0.5) is 0 Å². The van der Waals surface area contributed by atoms with Crippen molar-refractivity contribution in [3.05, 3.63) is 36.2 Å². The van der Waals surface area contributed by atoms with Gasteiger partial charge in [0.15, 0.2) is 4.96 Å². The second-order valence-electron chi connectivity index (χ2n) is 3.83. The zero-order chi connectivity index (χ0) is 11.1. The number of ketones is 1. The summed E-state index contributed by atoms with van der Waals surface area (Å²) in [6.07, 6.45) is 2.37. The Bertz CT molecular complexity index is 681. The van der Waals surface area contributed by atoms with E-state index in [2.05, 4.69) is 21.5 Å². The molecule has 1 aromatic carbocycles. The monoisotopic (exact) mass is 230 g/mol. The molecule has 16 heavy (non-hydrogen) atoms. The van der Waals surface area contributed by atoms with Gasteiger partial charge in [-0.1, -0.05) is 23.5 Å². The number of benzene rings is 1. The first-order valence-corrected chi connectivity index (χ1v) is 5.90. The Morgan fingerprint density at radius 1 is 1.44 bits per heavy atom. The van der Waals surface area contributed by atoms with Crippen LogP contribution in [0, 0.1) is 0 Å². The number of imidazole rings is 1. The largest absolute Gasteiger partial charge is 0.300 e. The minimum atomic E-state index is 0.148. The maximum atomic E-state index is 11.0. The summed E-state index contributed by atoms with van der Waals surface area (Å²) >= 11 is 1.65. The lowest BCUT2D eigenvalue weighted by Crippen LogP contribution is -1.95. The summed E-state index contributed by atoms with van der Waals surface area (Å²) in [5, 5.41) is 0. The molecule has 0 unspecified atom stereocenters. The van der Waals surface area contributed by atoms with Crippen LogP contribution in [-0.4, -0.2) is 15.2 Å². The van der Waals surface area contributed by atoms with Gasteiger partial charge in [0.1, 0.15) is 5.78 Å². The van der Waals surface area contributed by atoms with E-state index in [1.54, 1.807) is 18.3 Å². The number of hydrogen-bond acceptors (Lipinski definition) is 3. The van der Waals surface area contributed by atoms with Crippen LogP contribution in [0.25, 0.3) is 15.2 Å². The van der Waals surface area contributed by atoms with Crippen molar-refractivity contribution in [3.63, 3.8) is 0 Å². The van der Waals surface area contributed by atoms with E-state index in [1.807, 2.05) is 18.3 Å². The van der Waals surface area contributed by atoms with E-state index in [-0.39, 0.29) is 5.78 Å². The highest BCUT2D eigenvalue weighted by Crippen LogP contribution is 2.25. The number of rotatable bonds is 2. The van der Waals surface area contributed by atoms with Crippen LogP contribution in [0.15, 0.2) is 30.5 Å². The molecule has 0 aliphatic heterocycles. The number of thiazole rings is 1. The van der Waals surface area contributed by atoms with Crippen molar-refractivity contribution in [3.8, 4) is 0 Å². The molecule has 4 heteroatoms. The molecule has 0 spiro atoms. The van der Waals surface area contributed by atoms with Gasteiger partial charge < -0.3 is 0 Å². The molecule has 0 aliphatic rings. The van der Waals surface area contributed by atoms with Gasteiger partial charge in [0.05, 0.1) is 15.9 Å². The van der Waals surface area contributed by atoms with E-state index < -0.39 is 0 Å². The van der Waals surface area contributed by atoms with E-state index in [9.17, 15) is 4.79 Å². The Morgan fingerprint density at radius 3 is 3.06 bits per heavy atom. The van der Waals surface area contributed by atoms with Gasteiger partial charge in [-0.3, -0.25) is 9.20 Å². The molecule has 0 saturated heterocycles. The lowest BCUT2D eigenvalue weighted by Gasteiger charge is -1.89. The molecule has 0 bridgehead atoms. The van der Waals surface area contributed by atoms with Crippen LogP contribution in [0.3, 0.4) is 0 Å². The van der Waals surface area contributed by atoms with Crippen LogP contribution in [0.2, 0.25) is 0 Å². The summed E-state index contributed by atoms with van der Waals surface area (Å²) in [5.41, 5.74) is 2.01. The molecule has 0 amide bonds. The summed E-state index contributed by atoms with van der Waals surface area (Å²) in [6, 6.07) is 8.19. The van der Waals surface area contributed by atoms with Crippen molar-refractivity contribution < 1.29 is 4.79 Å². The molecule has 0 radical (unpaired) electrons. The third kappa shape index (κ3) is 1.42. The number of fused-ring (bicyclic) bond motifs is 3. The Balaban J connectivity index is 2.22. The lowest BCUT2D eigenvalue weighted by molar-refractivity contribution is -0.116. The van der Waals surface area contributed by atoms with E-state index >= 15 is 0 Å². The van der Waals surface area contributed by atoms with Crippen LogP contribution in [0.1, 0.15) is 12.6 Å². The molecule has 0 fully saturated rings. The molecule has 0 atom stereocenters. The molecular formula is C12H10N2OS. The van der Waals surface area contributed by atoms with Crippen LogP contribution in [0.5, 0.6) is 0 Å². The third-order valence-corrected chi connectivity index (χ3v) is 3.52. The molecular weight excluding hydrogens is 220 g/mol. The molecule has 3 aromatic rings. The number of carbonyl (C=O) groups excluding carboxylic acids is 1. The summed E-state index contributed by atoms with van der Waals surface area (Å²) in [5.74, 6) is 0.148. The molecule has 0 saturated carbocycles. The van der Waals surface area contributed by atoms with Gasteiger partial charge in [0.25, 0.3) is 0 Å². The second kappa shape index (κ2) is 3.42. The lowest BCUT2D eigenvalue weighted by atomic mass is 10.2. The predicted molar refractivity (Wildman–Crippen MR) is 65.0 cm³/mol. The Hall–Kier alpha value is -1.68. The van der Waals surface area contributed by atoms with Gasteiger partial charge >= 0.3 is 0 Å². The molecule has 0 N–H and O–H groups in total. The fourth-order valence-electron chi connectivity index (χ4n) is 1.84. The summed E-state index contributed by atoms with van der Waals surface area (Å²) < 4.78 is 3.28. The highest BCUT2D eigenvalue weighted by Gasteiger charge is 2.08. The topological polar surface area (TPSA) is 34.4 Å². The fraction of sp³-hybridized carbons (Fsp3) is 0.167. The molecule has 2 heterocycles. The second-order valence-corrected chi connectivity index (χ2v) is 4.84. The molecule has 0 aliphatic carbocycles. The fourth-order valence-corrected chi connectivity index (χ4v) is 2.86. The standard InChI is InChI=1S/C12H10N2OS/c1-8(15)6-9-7-14-10-4-2-3-5-11(10)16-12(14)13-9/h2-5,7H,6H2,1H3. The average molecular weight is 230 g/mol. The number of carbonyl (C=O) groups is 1. The number of aromatic nitrogens is 2. The van der Waals surface area contributed by atoms with Crippen molar-refractivity contribution >= 4 is 32.3 Å². The zero-order valence-electron chi connectivity index (χ0n) is 8.80. The maximum Gasteiger partial charge on any atom is 0.194 e. The Labute approximate surface area is 96.3 Å². The smallest absolute Gasteiger partial charge is 0.194 e. The van der Waals surface area contributed by atoms with Crippen LogP contribution < -0.4 is 0 Å². The van der Waals surface area contributed by atoms with Gasteiger partial charge in [-0.2, -0.15) is 0 Å². The Kier molecular flexibility index (Phi) is 2.04. The SMILES string of the molecule is CC(=O)Cc1cn2c(n1)sc1ccccc12. The quantitative estimate of drug-likeness (QED) is 0.678. The summed E-state index contributed by atoms with van der Waals surface area (Å²) in [7, 11) is 0. The van der Waals surface area contributed by atoms with Crippen molar-refractivity contribution in [1.82, 2.24) is 9.38 Å². The van der Waals surface area contributed by atoms with Crippen molar-refractivity contribution in [2.75, 3.05) is 0 Å². The minimum Gasteiger partial charge on any atom is -0.300 e. The first-order chi connectivity index (χ1) is 7.74. The summed E-state index contributed by atoms with van der Waals surface area (Å²) in [6.45, 7) is 1.59. The number of para-hydroxylation sites is 1. The maximum absolute atomic E-state index is 11.0. The number of hydrogen-bond donors (Lipinski definition) is 0. The van der Waals surface area contributed by atoms with Crippen LogP contribution in [-0.2, 0) is 11.2 Å². The summed E-state index contributed by atoms with van der Waals surface area (Å²) in [4.78, 5) is 16.4. The number of nitrogens with zero attached hydrogens (tertiary/aromatic N) is 2. The Morgan fingerprint density at radius 2 is 2.25 bits per heavy atom.